The van der Waals surface area contributed by atoms with Gasteiger partial charge in [-0.05, 0) is 93.1 Å². The molecule has 0 aliphatic carbocycles. The van der Waals surface area contributed by atoms with Crippen molar-refractivity contribution in [1.29, 1.82) is 0 Å². The van der Waals surface area contributed by atoms with Gasteiger partial charge in [0.15, 0.2) is 0 Å². The molecule has 0 aromatic heterocycles. The largest absolute Gasteiger partial charge is 0.0616 e. The van der Waals surface area contributed by atoms with Crippen LogP contribution in [0.25, 0.3) is 65.0 Å². The molecule has 0 radical (unpaired) electrons. The molecule has 0 atom stereocenters. The highest BCUT2D eigenvalue weighted by molar-refractivity contribution is 9.10. The standard InChI is InChI=1S/C32H19Br/c33-32-28-12-5-3-10-26(28)31(27-11-4-6-13-29(27)32)25-15-7-14-23-24(25)17-16-22-18-20-8-1-2-9-21(20)19-30(22)23/h1-19H. The van der Waals surface area contributed by atoms with Crippen molar-refractivity contribution in [2.75, 3.05) is 0 Å². The summed E-state index contributed by atoms with van der Waals surface area (Å²) in [6.07, 6.45) is 0. The summed E-state index contributed by atoms with van der Waals surface area (Å²) in [5.41, 5.74) is 2.58. The molecule has 7 rings (SSSR count). The molecule has 0 aliphatic rings. The summed E-state index contributed by atoms with van der Waals surface area (Å²) >= 11 is 3.89. The van der Waals surface area contributed by atoms with Gasteiger partial charge in [-0.1, -0.05) is 103 Å². The van der Waals surface area contributed by atoms with E-state index < -0.39 is 0 Å². The van der Waals surface area contributed by atoms with Gasteiger partial charge < -0.3 is 0 Å². The van der Waals surface area contributed by atoms with Crippen LogP contribution >= 0.6 is 15.9 Å². The van der Waals surface area contributed by atoms with Crippen LogP contribution in [0.3, 0.4) is 0 Å². The molecule has 0 bridgehead atoms. The maximum Gasteiger partial charge on any atom is 0.0332 e. The zero-order chi connectivity index (χ0) is 21.9. The van der Waals surface area contributed by atoms with Crippen molar-refractivity contribution in [2.24, 2.45) is 0 Å². The van der Waals surface area contributed by atoms with Gasteiger partial charge in [0.2, 0.25) is 0 Å². The number of hydrogen-bond acceptors (Lipinski definition) is 0. The third kappa shape index (κ3) is 2.76. The minimum absolute atomic E-state index is 1.16. The van der Waals surface area contributed by atoms with E-state index in [0.717, 1.165) is 4.47 Å². The monoisotopic (exact) mass is 482 g/mol. The third-order valence-corrected chi connectivity index (χ3v) is 7.73. The van der Waals surface area contributed by atoms with Crippen molar-refractivity contribution in [1.82, 2.24) is 0 Å². The van der Waals surface area contributed by atoms with Crippen molar-refractivity contribution in [2.45, 2.75) is 0 Å². The third-order valence-electron chi connectivity index (χ3n) is 6.88. The number of fused-ring (bicyclic) bond motifs is 6. The summed E-state index contributed by atoms with van der Waals surface area (Å²) < 4.78 is 1.16. The molecule has 0 nitrogen and oxygen atoms in total. The van der Waals surface area contributed by atoms with Gasteiger partial charge in [0.1, 0.15) is 0 Å². The van der Waals surface area contributed by atoms with Gasteiger partial charge in [0.25, 0.3) is 0 Å². The molecule has 0 amide bonds. The second kappa shape index (κ2) is 7.16. The Morgan fingerprint density at radius 3 is 1.64 bits per heavy atom. The lowest BCUT2D eigenvalue weighted by molar-refractivity contribution is 1.70. The molecule has 0 saturated heterocycles. The predicted octanol–water partition coefficient (Wildman–Crippen LogP) is 9.88. The Morgan fingerprint density at radius 1 is 0.364 bits per heavy atom. The Hall–Kier alpha value is -3.68. The van der Waals surface area contributed by atoms with E-state index >= 15 is 0 Å². The second-order valence-corrected chi connectivity index (χ2v) is 9.46. The molecule has 7 aromatic carbocycles. The molecule has 1 heteroatoms. The molecule has 0 N–H and O–H groups in total. The van der Waals surface area contributed by atoms with Crippen LogP contribution in [0.1, 0.15) is 0 Å². The summed E-state index contributed by atoms with van der Waals surface area (Å²) in [6, 6.07) is 42.0. The molecule has 154 valence electrons. The fourth-order valence-corrected chi connectivity index (χ4v) is 6.06. The molecular formula is C32H19Br. The summed E-state index contributed by atoms with van der Waals surface area (Å²) in [5, 5.41) is 12.8. The summed E-state index contributed by atoms with van der Waals surface area (Å²) in [4.78, 5) is 0. The van der Waals surface area contributed by atoms with Crippen LogP contribution in [0.4, 0.5) is 0 Å². The van der Waals surface area contributed by atoms with E-state index in [2.05, 4.69) is 131 Å². The van der Waals surface area contributed by atoms with Crippen LogP contribution in [-0.4, -0.2) is 0 Å². The van der Waals surface area contributed by atoms with Gasteiger partial charge in [0.05, 0.1) is 0 Å². The van der Waals surface area contributed by atoms with Crippen LogP contribution in [0.15, 0.2) is 120 Å². The highest BCUT2D eigenvalue weighted by Crippen LogP contribution is 2.44. The van der Waals surface area contributed by atoms with E-state index in [1.807, 2.05) is 0 Å². The average Bonchev–Trinajstić information content (AvgIpc) is 2.88. The fraction of sp³-hybridized carbons (Fsp3) is 0. The minimum atomic E-state index is 1.16. The molecule has 33 heavy (non-hydrogen) atoms. The first-order chi connectivity index (χ1) is 16.3. The van der Waals surface area contributed by atoms with Crippen molar-refractivity contribution < 1.29 is 0 Å². The summed E-state index contributed by atoms with van der Waals surface area (Å²) in [5.74, 6) is 0. The topological polar surface area (TPSA) is 0 Å². The van der Waals surface area contributed by atoms with Crippen molar-refractivity contribution in [3.05, 3.63) is 120 Å². The average molecular weight is 483 g/mol. The zero-order valence-corrected chi connectivity index (χ0v) is 19.4. The van der Waals surface area contributed by atoms with E-state index in [4.69, 9.17) is 0 Å². The molecule has 0 aliphatic heterocycles. The number of benzene rings is 7. The quantitative estimate of drug-likeness (QED) is 0.161. The van der Waals surface area contributed by atoms with E-state index in [9.17, 15) is 0 Å². The molecular weight excluding hydrogens is 464 g/mol. The Kier molecular flexibility index (Phi) is 4.09. The van der Waals surface area contributed by atoms with Gasteiger partial charge in [-0.15, -0.1) is 0 Å². The van der Waals surface area contributed by atoms with Crippen molar-refractivity contribution in [3.63, 3.8) is 0 Å². The Balaban J connectivity index is 1.66. The van der Waals surface area contributed by atoms with Crippen molar-refractivity contribution in [3.8, 4) is 11.1 Å². The first-order valence-corrected chi connectivity index (χ1v) is 12.0. The highest BCUT2D eigenvalue weighted by atomic mass is 79.9. The van der Waals surface area contributed by atoms with Gasteiger partial charge in [-0.2, -0.15) is 0 Å². The van der Waals surface area contributed by atoms with Crippen LogP contribution in [0, 0.1) is 0 Å². The molecule has 0 heterocycles. The molecule has 0 unspecified atom stereocenters. The highest BCUT2D eigenvalue weighted by Gasteiger charge is 2.16. The van der Waals surface area contributed by atoms with Gasteiger partial charge in [-0.25, -0.2) is 0 Å². The Bertz CT molecular complexity index is 1820. The summed E-state index contributed by atoms with van der Waals surface area (Å²) in [6.45, 7) is 0. The van der Waals surface area contributed by atoms with E-state index in [0.29, 0.717) is 0 Å². The van der Waals surface area contributed by atoms with Crippen molar-refractivity contribution >= 4 is 69.8 Å². The minimum Gasteiger partial charge on any atom is -0.0616 e. The summed E-state index contributed by atoms with van der Waals surface area (Å²) in [7, 11) is 0. The normalized spacial score (nSPS) is 11.8. The van der Waals surface area contributed by atoms with Crippen LogP contribution in [-0.2, 0) is 0 Å². The lowest BCUT2D eigenvalue weighted by atomic mass is 9.88. The second-order valence-electron chi connectivity index (χ2n) is 8.67. The molecule has 0 spiro atoms. The molecule has 0 fully saturated rings. The Morgan fingerprint density at radius 2 is 0.939 bits per heavy atom. The lowest BCUT2D eigenvalue weighted by Crippen LogP contribution is -1.89. The van der Waals surface area contributed by atoms with Crippen LogP contribution < -0.4 is 0 Å². The fourth-order valence-electron chi connectivity index (χ4n) is 5.37. The Labute approximate surface area is 200 Å². The van der Waals surface area contributed by atoms with Gasteiger partial charge >= 0.3 is 0 Å². The van der Waals surface area contributed by atoms with Crippen LogP contribution in [0.2, 0.25) is 0 Å². The maximum absolute atomic E-state index is 3.89. The maximum atomic E-state index is 3.89. The number of rotatable bonds is 1. The van der Waals surface area contributed by atoms with E-state index in [-0.39, 0.29) is 0 Å². The van der Waals surface area contributed by atoms with E-state index in [1.165, 1.54) is 65.0 Å². The zero-order valence-electron chi connectivity index (χ0n) is 17.8. The first kappa shape index (κ1) is 18.8. The lowest BCUT2D eigenvalue weighted by Gasteiger charge is -2.17. The SMILES string of the molecule is Brc1c2ccccc2c(-c2cccc3c2ccc2cc4ccccc4cc23)c2ccccc12. The first-order valence-electron chi connectivity index (χ1n) is 11.2. The number of halogens is 1. The number of hydrogen-bond donors (Lipinski definition) is 0. The molecule has 7 aromatic rings. The van der Waals surface area contributed by atoms with Crippen LogP contribution in [0.5, 0.6) is 0 Å². The van der Waals surface area contributed by atoms with Gasteiger partial charge in [-0.3, -0.25) is 0 Å². The van der Waals surface area contributed by atoms with E-state index in [1.54, 1.807) is 0 Å². The predicted molar refractivity (Wildman–Crippen MR) is 147 cm³/mol. The molecule has 0 saturated carbocycles. The van der Waals surface area contributed by atoms with Gasteiger partial charge in [0, 0.05) is 4.47 Å². The smallest absolute Gasteiger partial charge is 0.0332 e.